The Morgan fingerprint density at radius 2 is 1.60 bits per heavy atom. The highest BCUT2D eigenvalue weighted by Gasteiger charge is 2.36. The predicted molar refractivity (Wildman–Crippen MR) is 94.5 cm³/mol. The quantitative estimate of drug-likeness (QED) is 0.841. The van der Waals surface area contributed by atoms with E-state index in [1.54, 1.807) is 31.2 Å². The van der Waals surface area contributed by atoms with E-state index in [2.05, 4.69) is 0 Å². The van der Waals surface area contributed by atoms with E-state index in [0.717, 1.165) is 16.0 Å². The third-order valence-electron chi connectivity index (χ3n) is 3.94. The van der Waals surface area contributed by atoms with E-state index in [9.17, 15) is 19.8 Å². The Labute approximate surface area is 146 Å². The van der Waals surface area contributed by atoms with Gasteiger partial charge in [-0.05, 0) is 29.7 Å². The van der Waals surface area contributed by atoms with Crippen molar-refractivity contribution in [1.82, 2.24) is 0 Å². The lowest BCUT2D eigenvalue weighted by Gasteiger charge is -2.30. The summed E-state index contributed by atoms with van der Waals surface area (Å²) in [7, 11) is 1.17. The number of carbonyl (C=O) groups excluding carboxylic acids is 1. The Kier molecular flexibility index (Phi) is 6.14. The lowest BCUT2D eigenvalue weighted by atomic mass is 10.0. The fraction of sp³-hybridized carbons (Fsp3) is 0.263. The molecule has 2 rings (SSSR count). The number of amides is 1. The second-order valence-electron chi connectivity index (χ2n) is 5.51. The van der Waals surface area contributed by atoms with Crippen LogP contribution in [0.15, 0.2) is 54.6 Å². The van der Waals surface area contributed by atoms with Gasteiger partial charge >= 0.3 is 12.1 Å². The summed E-state index contributed by atoms with van der Waals surface area (Å²) in [5.74, 6) is -1.30. The lowest BCUT2D eigenvalue weighted by Crippen LogP contribution is -2.52. The number of aliphatic hydroxyl groups is 1. The molecular weight excluding hydrogens is 322 g/mol. The summed E-state index contributed by atoms with van der Waals surface area (Å²) in [6, 6.07) is 15.1. The van der Waals surface area contributed by atoms with Crippen molar-refractivity contribution >= 4 is 17.7 Å². The average molecular weight is 343 g/mol. The number of aliphatic hydroxyl groups excluding tert-OH is 1. The first kappa shape index (κ1) is 18.5. The molecule has 6 heteroatoms. The van der Waals surface area contributed by atoms with Gasteiger partial charge in [0, 0.05) is 5.69 Å². The van der Waals surface area contributed by atoms with E-state index >= 15 is 0 Å². The molecule has 0 radical (unpaired) electrons. The minimum Gasteiger partial charge on any atom is -0.480 e. The van der Waals surface area contributed by atoms with Gasteiger partial charge in [0.2, 0.25) is 0 Å². The minimum atomic E-state index is -1.43. The van der Waals surface area contributed by atoms with Gasteiger partial charge in [-0.2, -0.15) is 0 Å². The first-order valence-corrected chi connectivity index (χ1v) is 7.93. The van der Waals surface area contributed by atoms with Gasteiger partial charge in [-0.3, -0.25) is 4.90 Å². The van der Waals surface area contributed by atoms with Crippen LogP contribution in [0.4, 0.5) is 10.5 Å². The molecule has 2 N–H and O–H groups in total. The van der Waals surface area contributed by atoms with Gasteiger partial charge in [0.05, 0.1) is 13.2 Å². The number of methoxy groups -OCH3 is 1. The SMILES string of the molecule is CC[C@H](O)[C@H](C(=O)O)N(C(=O)OC)c1ccc(-c2ccccc2)cc1. The second-order valence-corrected chi connectivity index (χ2v) is 5.51. The molecule has 2 aromatic carbocycles. The van der Waals surface area contributed by atoms with Crippen LogP contribution in [-0.4, -0.2) is 41.5 Å². The summed E-state index contributed by atoms with van der Waals surface area (Å²) in [4.78, 5) is 24.7. The fourth-order valence-corrected chi connectivity index (χ4v) is 2.59. The maximum Gasteiger partial charge on any atom is 0.414 e. The monoisotopic (exact) mass is 343 g/mol. The minimum absolute atomic E-state index is 0.187. The molecule has 0 heterocycles. The number of hydrogen-bond donors (Lipinski definition) is 2. The Morgan fingerprint density at radius 1 is 1.04 bits per heavy atom. The second kappa shape index (κ2) is 8.30. The van der Waals surface area contributed by atoms with Gasteiger partial charge in [0.25, 0.3) is 0 Å². The largest absolute Gasteiger partial charge is 0.480 e. The van der Waals surface area contributed by atoms with Gasteiger partial charge in [-0.1, -0.05) is 49.4 Å². The third kappa shape index (κ3) is 4.16. The van der Waals surface area contributed by atoms with Crippen LogP contribution in [0.25, 0.3) is 11.1 Å². The standard InChI is InChI=1S/C19H21NO5/c1-3-16(21)17(18(22)23)20(19(24)25-2)15-11-9-14(10-12-15)13-7-5-4-6-8-13/h4-12,16-17,21H,3H2,1-2H3,(H,22,23)/t16-,17+/m0/s1. The summed E-state index contributed by atoms with van der Waals surface area (Å²) in [5, 5.41) is 19.5. The molecule has 2 aromatic rings. The van der Waals surface area contributed by atoms with Crippen LogP contribution in [0.5, 0.6) is 0 Å². The van der Waals surface area contributed by atoms with Crippen molar-refractivity contribution in [3.63, 3.8) is 0 Å². The first-order valence-electron chi connectivity index (χ1n) is 7.93. The fourth-order valence-electron chi connectivity index (χ4n) is 2.59. The molecule has 0 saturated carbocycles. The number of ether oxygens (including phenoxy) is 1. The molecule has 0 aliphatic carbocycles. The van der Waals surface area contributed by atoms with Crippen molar-refractivity contribution in [2.24, 2.45) is 0 Å². The zero-order valence-corrected chi connectivity index (χ0v) is 14.1. The van der Waals surface area contributed by atoms with E-state index < -0.39 is 24.2 Å². The summed E-state index contributed by atoms with van der Waals surface area (Å²) in [6.45, 7) is 1.65. The average Bonchev–Trinajstić information content (AvgIpc) is 2.65. The Bertz CT molecular complexity index is 714. The van der Waals surface area contributed by atoms with E-state index in [1.807, 2.05) is 30.3 Å². The van der Waals surface area contributed by atoms with Crippen molar-refractivity contribution in [1.29, 1.82) is 0 Å². The highest BCUT2D eigenvalue weighted by atomic mass is 16.5. The summed E-state index contributed by atoms with van der Waals surface area (Å²) < 4.78 is 4.72. The molecule has 1 amide bonds. The van der Waals surface area contributed by atoms with Crippen molar-refractivity contribution in [3.05, 3.63) is 54.6 Å². The number of nitrogens with zero attached hydrogens (tertiary/aromatic N) is 1. The zero-order valence-electron chi connectivity index (χ0n) is 14.1. The van der Waals surface area contributed by atoms with E-state index in [1.165, 1.54) is 7.11 Å². The maximum atomic E-state index is 12.2. The third-order valence-corrected chi connectivity index (χ3v) is 3.94. The van der Waals surface area contributed by atoms with E-state index in [0.29, 0.717) is 5.69 Å². The van der Waals surface area contributed by atoms with Gasteiger partial charge < -0.3 is 14.9 Å². The maximum absolute atomic E-state index is 12.2. The first-order chi connectivity index (χ1) is 12.0. The van der Waals surface area contributed by atoms with Gasteiger partial charge in [0.15, 0.2) is 6.04 Å². The van der Waals surface area contributed by atoms with Gasteiger partial charge in [0.1, 0.15) is 0 Å². The number of carbonyl (C=O) groups is 2. The zero-order chi connectivity index (χ0) is 18.4. The summed E-state index contributed by atoms with van der Waals surface area (Å²) in [5.41, 5.74) is 2.27. The van der Waals surface area contributed by atoms with Crippen LogP contribution in [0.3, 0.4) is 0 Å². The molecule has 0 aromatic heterocycles. The molecule has 0 fully saturated rings. The highest BCUT2D eigenvalue weighted by Crippen LogP contribution is 2.26. The molecular formula is C19H21NO5. The molecule has 25 heavy (non-hydrogen) atoms. The highest BCUT2D eigenvalue weighted by molar-refractivity contribution is 5.95. The van der Waals surface area contributed by atoms with Crippen molar-refractivity contribution in [3.8, 4) is 11.1 Å². The van der Waals surface area contributed by atoms with E-state index in [-0.39, 0.29) is 6.42 Å². The smallest absolute Gasteiger partial charge is 0.414 e. The Balaban J connectivity index is 2.41. The number of aliphatic carboxylic acids is 1. The number of hydrogen-bond acceptors (Lipinski definition) is 4. The number of anilines is 1. The van der Waals surface area contributed by atoms with E-state index in [4.69, 9.17) is 4.74 Å². The predicted octanol–water partition coefficient (Wildman–Crippen LogP) is 3.15. The van der Waals surface area contributed by atoms with Crippen LogP contribution in [0.2, 0.25) is 0 Å². The van der Waals surface area contributed by atoms with Crippen molar-refractivity contribution in [2.75, 3.05) is 12.0 Å². The molecule has 132 valence electrons. The molecule has 0 aliphatic rings. The topological polar surface area (TPSA) is 87.1 Å². The van der Waals surface area contributed by atoms with Gasteiger partial charge in [-0.25, -0.2) is 9.59 Å². The van der Waals surface area contributed by atoms with Crippen molar-refractivity contribution < 1.29 is 24.5 Å². The number of benzene rings is 2. The number of carboxylic acids is 1. The normalized spacial score (nSPS) is 12.9. The lowest BCUT2D eigenvalue weighted by molar-refractivity contribution is -0.141. The Morgan fingerprint density at radius 3 is 2.08 bits per heavy atom. The van der Waals surface area contributed by atoms with Crippen LogP contribution in [0.1, 0.15) is 13.3 Å². The summed E-state index contributed by atoms with van der Waals surface area (Å²) >= 11 is 0. The number of carboxylic acid groups (broad SMARTS) is 1. The van der Waals surface area contributed by atoms with Gasteiger partial charge in [-0.15, -0.1) is 0 Å². The Hall–Kier alpha value is -2.86. The molecule has 0 spiro atoms. The molecule has 2 atom stereocenters. The molecule has 0 unspecified atom stereocenters. The number of rotatable bonds is 6. The summed E-state index contributed by atoms with van der Waals surface area (Å²) in [6.07, 6.45) is -1.87. The van der Waals surface area contributed by atoms with Crippen LogP contribution in [-0.2, 0) is 9.53 Å². The molecule has 0 bridgehead atoms. The van der Waals surface area contributed by atoms with Crippen LogP contribution in [0, 0.1) is 0 Å². The molecule has 6 nitrogen and oxygen atoms in total. The van der Waals surface area contributed by atoms with Crippen molar-refractivity contribution in [2.45, 2.75) is 25.5 Å². The molecule has 0 aliphatic heterocycles. The molecule has 0 saturated heterocycles. The van der Waals surface area contributed by atoms with Crippen LogP contribution < -0.4 is 4.90 Å². The van der Waals surface area contributed by atoms with Crippen LogP contribution >= 0.6 is 0 Å².